The molecule has 0 bridgehead atoms. The van der Waals surface area contributed by atoms with Crippen molar-refractivity contribution in [1.82, 2.24) is 0 Å². The van der Waals surface area contributed by atoms with Crippen molar-refractivity contribution in [1.29, 1.82) is 0 Å². The third kappa shape index (κ3) is 4.58. The molecule has 0 spiro atoms. The van der Waals surface area contributed by atoms with Crippen LogP contribution in [0.1, 0.15) is 5.56 Å². The van der Waals surface area contributed by atoms with E-state index < -0.39 is 0 Å². The van der Waals surface area contributed by atoms with Gasteiger partial charge in [-0.2, -0.15) is 0 Å². The molecule has 2 aromatic rings. The van der Waals surface area contributed by atoms with E-state index in [1.54, 1.807) is 12.1 Å². The Morgan fingerprint density at radius 1 is 1.10 bits per heavy atom. The third-order valence-electron chi connectivity index (χ3n) is 2.75. The molecule has 1 atom stereocenters. The van der Waals surface area contributed by atoms with Crippen molar-refractivity contribution in [3.63, 3.8) is 0 Å². The fraction of sp³-hybridized carbons (Fsp3) is 0.200. The molecule has 0 amide bonds. The van der Waals surface area contributed by atoms with E-state index in [1.165, 1.54) is 36.0 Å². The first-order chi connectivity index (χ1) is 9.54. The lowest BCUT2D eigenvalue weighted by Crippen LogP contribution is -2.25. The van der Waals surface area contributed by atoms with Crippen LogP contribution in [0.5, 0.6) is 0 Å². The maximum absolute atomic E-state index is 13.2. The largest absolute Gasteiger partial charge is 0.327 e. The molecule has 1 nitrogen and oxygen atoms in total. The van der Waals surface area contributed by atoms with E-state index in [0.29, 0.717) is 12.2 Å². The molecular formula is C15H14BrF2NS. The second-order valence-corrected chi connectivity index (χ2v) is 6.42. The summed E-state index contributed by atoms with van der Waals surface area (Å²) in [6.07, 6.45) is 0.570. The first kappa shape index (κ1) is 15.5. The van der Waals surface area contributed by atoms with Crippen LogP contribution in [0, 0.1) is 11.6 Å². The van der Waals surface area contributed by atoms with Crippen molar-refractivity contribution in [2.24, 2.45) is 5.73 Å². The summed E-state index contributed by atoms with van der Waals surface area (Å²) in [5.74, 6) is 0.122. The zero-order valence-electron chi connectivity index (χ0n) is 10.7. The lowest BCUT2D eigenvalue weighted by atomic mass is 10.1. The zero-order valence-corrected chi connectivity index (χ0v) is 13.1. The van der Waals surface area contributed by atoms with Crippen LogP contribution in [0.3, 0.4) is 0 Å². The van der Waals surface area contributed by atoms with Crippen LogP contribution < -0.4 is 5.73 Å². The number of nitrogens with two attached hydrogens (primary N) is 1. The average Bonchev–Trinajstić information content (AvgIpc) is 2.41. The average molecular weight is 358 g/mol. The van der Waals surface area contributed by atoms with Gasteiger partial charge in [0.05, 0.1) is 0 Å². The molecule has 2 N–H and O–H groups in total. The van der Waals surface area contributed by atoms with E-state index in [1.807, 2.05) is 6.07 Å². The van der Waals surface area contributed by atoms with Crippen molar-refractivity contribution in [2.75, 3.05) is 5.75 Å². The molecule has 0 aliphatic rings. The summed E-state index contributed by atoms with van der Waals surface area (Å²) in [7, 11) is 0. The van der Waals surface area contributed by atoms with E-state index in [-0.39, 0.29) is 17.7 Å². The summed E-state index contributed by atoms with van der Waals surface area (Å²) in [4.78, 5) is 0.846. The van der Waals surface area contributed by atoms with E-state index >= 15 is 0 Å². The summed E-state index contributed by atoms with van der Waals surface area (Å²) in [5.41, 5.74) is 6.90. The van der Waals surface area contributed by atoms with Crippen molar-refractivity contribution < 1.29 is 8.78 Å². The molecule has 0 saturated heterocycles. The van der Waals surface area contributed by atoms with Gasteiger partial charge in [-0.3, -0.25) is 0 Å². The van der Waals surface area contributed by atoms with Gasteiger partial charge in [0.1, 0.15) is 11.6 Å². The molecule has 0 saturated carbocycles. The molecule has 1 unspecified atom stereocenters. The van der Waals surface area contributed by atoms with Gasteiger partial charge in [-0.15, -0.1) is 11.8 Å². The molecule has 0 aliphatic carbocycles. The third-order valence-corrected chi connectivity index (χ3v) is 4.71. The molecule has 20 heavy (non-hydrogen) atoms. The van der Waals surface area contributed by atoms with E-state index in [0.717, 1.165) is 14.9 Å². The number of hydrogen-bond acceptors (Lipinski definition) is 2. The highest BCUT2D eigenvalue weighted by molar-refractivity contribution is 9.10. The number of halogens is 3. The molecule has 2 rings (SSSR count). The second-order valence-electron chi connectivity index (χ2n) is 4.47. The van der Waals surface area contributed by atoms with E-state index in [9.17, 15) is 8.78 Å². The molecule has 106 valence electrons. The molecule has 0 radical (unpaired) electrons. The quantitative estimate of drug-likeness (QED) is 0.803. The molecular weight excluding hydrogens is 344 g/mol. The minimum atomic E-state index is -0.270. The van der Waals surface area contributed by atoms with Gasteiger partial charge < -0.3 is 5.73 Å². The molecule has 0 aliphatic heterocycles. The van der Waals surface area contributed by atoms with Crippen LogP contribution >= 0.6 is 27.7 Å². The van der Waals surface area contributed by atoms with E-state index in [4.69, 9.17) is 5.73 Å². The predicted octanol–water partition coefficient (Wildman–Crippen LogP) is 4.39. The highest BCUT2D eigenvalue weighted by atomic mass is 79.9. The summed E-state index contributed by atoms with van der Waals surface area (Å²) >= 11 is 4.88. The first-order valence-electron chi connectivity index (χ1n) is 6.12. The Balaban J connectivity index is 1.92. The van der Waals surface area contributed by atoms with Crippen LogP contribution in [-0.4, -0.2) is 11.8 Å². The molecule has 5 heteroatoms. The number of hydrogen-bond donors (Lipinski definition) is 1. The van der Waals surface area contributed by atoms with Crippen LogP contribution in [-0.2, 0) is 6.42 Å². The standard InChI is InChI=1S/C15H14BrF2NS/c16-15-5-4-12(18)6-10(15)7-13(19)9-20-14-3-1-2-11(17)8-14/h1-6,8,13H,7,9,19H2. The van der Waals surface area contributed by atoms with Gasteiger partial charge in [0.25, 0.3) is 0 Å². The molecule has 0 fully saturated rings. The smallest absolute Gasteiger partial charge is 0.124 e. The van der Waals surface area contributed by atoms with Gasteiger partial charge in [-0.1, -0.05) is 22.0 Å². The van der Waals surface area contributed by atoms with Crippen molar-refractivity contribution >= 4 is 27.7 Å². The monoisotopic (exact) mass is 357 g/mol. The van der Waals surface area contributed by atoms with Crippen LogP contribution in [0.4, 0.5) is 8.78 Å². The number of thioether (sulfide) groups is 1. The fourth-order valence-electron chi connectivity index (χ4n) is 1.80. The fourth-order valence-corrected chi connectivity index (χ4v) is 3.10. The van der Waals surface area contributed by atoms with Gasteiger partial charge in [0.15, 0.2) is 0 Å². The Hall–Kier alpha value is -0.910. The van der Waals surface area contributed by atoms with Crippen LogP contribution in [0.25, 0.3) is 0 Å². The second kappa shape index (κ2) is 7.20. The predicted molar refractivity (Wildman–Crippen MR) is 82.9 cm³/mol. The summed E-state index contributed by atoms with van der Waals surface area (Å²) < 4.78 is 27.1. The highest BCUT2D eigenvalue weighted by Gasteiger charge is 2.09. The first-order valence-corrected chi connectivity index (χ1v) is 7.90. The van der Waals surface area contributed by atoms with Gasteiger partial charge in [-0.05, 0) is 48.4 Å². The van der Waals surface area contributed by atoms with Gasteiger partial charge in [-0.25, -0.2) is 8.78 Å². The minimum absolute atomic E-state index is 0.124. The summed E-state index contributed by atoms with van der Waals surface area (Å²) in [6.45, 7) is 0. The molecule has 2 aromatic carbocycles. The van der Waals surface area contributed by atoms with Crippen LogP contribution in [0.15, 0.2) is 51.8 Å². The van der Waals surface area contributed by atoms with Gasteiger partial charge in [0.2, 0.25) is 0 Å². The lowest BCUT2D eigenvalue weighted by Gasteiger charge is -2.12. The minimum Gasteiger partial charge on any atom is -0.327 e. The highest BCUT2D eigenvalue weighted by Crippen LogP contribution is 2.22. The Labute approximate surface area is 129 Å². The Bertz CT molecular complexity index is 592. The lowest BCUT2D eigenvalue weighted by molar-refractivity contribution is 0.622. The molecule has 0 heterocycles. The topological polar surface area (TPSA) is 26.0 Å². The van der Waals surface area contributed by atoms with Crippen molar-refractivity contribution in [3.8, 4) is 0 Å². The van der Waals surface area contributed by atoms with Crippen molar-refractivity contribution in [3.05, 3.63) is 64.1 Å². The Morgan fingerprint density at radius 3 is 2.60 bits per heavy atom. The van der Waals surface area contributed by atoms with Gasteiger partial charge >= 0.3 is 0 Å². The maximum Gasteiger partial charge on any atom is 0.124 e. The molecule has 0 aromatic heterocycles. The number of rotatable bonds is 5. The van der Waals surface area contributed by atoms with Gasteiger partial charge in [0, 0.05) is 21.2 Å². The van der Waals surface area contributed by atoms with E-state index in [2.05, 4.69) is 15.9 Å². The van der Waals surface area contributed by atoms with Crippen LogP contribution in [0.2, 0.25) is 0 Å². The summed E-state index contributed by atoms with van der Waals surface area (Å²) in [5, 5.41) is 0. The van der Waals surface area contributed by atoms with Crippen molar-refractivity contribution in [2.45, 2.75) is 17.4 Å². The summed E-state index contributed by atoms with van der Waals surface area (Å²) in [6, 6.07) is 10.9. The number of benzene rings is 2. The Morgan fingerprint density at radius 2 is 1.85 bits per heavy atom. The normalized spacial score (nSPS) is 12.4. The maximum atomic E-state index is 13.2. The zero-order chi connectivity index (χ0) is 14.5. The SMILES string of the molecule is NC(CSc1cccc(F)c1)Cc1cc(F)ccc1Br. The Kier molecular flexibility index (Phi) is 5.57.